The van der Waals surface area contributed by atoms with Gasteiger partial charge in [-0.15, -0.1) is 0 Å². The Labute approximate surface area is 162 Å². The topological polar surface area (TPSA) is 49.9 Å². The van der Waals surface area contributed by atoms with Gasteiger partial charge in [0, 0.05) is 5.69 Å². The van der Waals surface area contributed by atoms with Gasteiger partial charge in [0.25, 0.3) is 0 Å². The van der Waals surface area contributed by atoms with Crippen molar-refractivity contribution in [3.63, 3.8) is 0 Å². The van der Waals surface area contributed by atoms with Crippen molar-refractivity contribution in [1.82, 2.24) is 9.97 Å². The molecular weight excluding hydrogens is 334 g/mol. The van der Waals surface area contributed by atoms with Crippen LogP contribution in [0.15, 0.2) is 48.5 Å². The van der Waals surface area contributed by atoms with Gasteiger partial charge >= 0.3 is 0 Å². The Hall–Kier alpha value is -2.49. The molecule has 4 rings (SSSR count). The van der Waals surface area contributed by atoms with Crippen molar-refractivity contribution >= 4 is 22.7 Å². The highest BCUT2D eigenvalue weighted by atomic mass is 16.5. The van der Waals surface area contributed by atoms with E-state index in [0.717, 1.165) is 34.3 Å². The van der Waals surface area contributed by atoms with Crippen molar-refractivity contribution in [2.24, 2.45) is 11.3 Å². The fourth-order valence-electron chi connectivity index (χ4n) is 3.90. The first-order valence-corrected chi connectivity index (χ1v) is 9.81. The second kappa shape index (κ2) is 8.47. The first-order valence-electron chi connectivity index (χ1n) is 9.81. The number of hydrogen-bond donors (Lipinski definition) is 2. The van der Waals surface area contributed by atoms with Crippen LogP contribution in [-0.2, 0) is 0 Å². The smallest absolute Gasteiger partial charge is 0.205 e. The van der Waals surface area contributed by atoms with E-state index in [1.165, 1.54) is 25.7 Å². The molecule has 4 nitrogen and oxygen atoms in total. The summed E-state index contributed by atoms with van der Waals surface area (Å²) in [5.74, 6) is 2.56. The lowest BCUT2D eigenvalue weighted by molar-refractivity contribution is 0.191. The zero-order valence-electron chi connectivity index (χ0n) is 16.9. The number of methoxy groups -OCH3 is 1. The number of rotatable bonds is 3. The molecule has 1 heterocycles. The quantitative estimate of drug-likeness (QED) is 0.554. The molecule has 2 N–H and O–H groups in total. The molecule has 1 aliphatic carbocycles. The Balaban J connectivity index is 0.000000197. The molecule has 1 unspecified atom stereocenters. The van der Waals surface area contributed by atoms with Crippen molar-refractivity contribution < 1.29 is 4.74 Å². The van der Waals surface area contributed by atoms with Crippen LogP contribution in [0.4, 0.5) is 11.6 Å². The lowest BCUT2D eigenvalue weighted by atomic mass is 9.73. The van der Waals surface area contributed by atoms with Crippen LogP contribution < -0.4 is 10.1 Å². The van der Waals surface area contributed by atoms with Crippen molar-refractivity contribution in [2.45, 2.75) is 46.5 Å². The average Bonchev–Trinajstić information content (AvgIpc) is 3.04. The van der Waals surface area contributed by atoms with Crippen LogP contribution in [0.5, 0.6) is 5.75 Å². The second-order valence-electron chi connectivity index (χ2n) is 8.32. The Bertz CT molecular complexity index is 818. The van der Waals surface area contributed by atoms with Gasteiger partial charge in [0.05, 0.1) is 18.1 Å². The maximum atomic E-state index is 5.12. The molecule has 1 aliphatic rings. The molecule has 1 saturated carbocycles. The fourth-order valence-corrected chi connectivity index (χ4v) is 3.90. The Morgan fingerprint density at radius 2 is 1.85 bits per heavy atom. The first kappa shape index (κ1) is 19.3. The van der Waals surface area contributed by atoms with Crippen LogP contribution in [-0.4, -0.2) is 17.1 Å². The summed E-state index contributed by atoms with van der Waals surface area (Å²) in [5, 5.41) is 3.22. The van der Waals surface area contributed by atoms with Gasteiger partial charge in [0.15, 0.2) is 0 Å². The van der Waals surface area contributed by atoms with E-state index >= 15 is 0 Å². The lowest BCUT2D eigenvalue weighted by Gasteiger charge is -2.33. The number of aromatic amines is 1. The molecule has 144 valence electrons. The zero-order valence-corrected chi connectivity index (χ0v) is 16.9. The summed E-state index contributed by atoms with van der Waals surface area (Å²) in [5.41, 5.74) is 3.59. The minimum Gasteiger partial charge on any atom is -0.497 e. The number of H-pyrrole nitrogens is 1. The van der Waals surface area contributed by atoms with Gasteiger partial charge in [-0.05, 0) is 60.6 Å². The molecule has 1 aromatic heterocycles. The van der Waals surface area contributed by atoms with Crippen molar-refractivity contribution in [3.8, 4) is 5.75 Å². The van der Waals surface area contributed by atoms with Gasteiger partial charge in [-0.25, -0.2) is 4.98 Å². The van der Waals surface area contributed by atoms with Crippen LogP contribution in [0.3, 0.4) is 0 Å². The number of nitrogens with zero attached hydrogens (tertiary/aromatic N) is 1. The molecule has 0 saturated heterocycles. The largest absolute Gasteiger partial charge is 0.497 e. The standard InChI is InChI=1S/C14H13N3O.C9H18/c1-18-11-8-6-10(7-9-11)15-14-16-12-4-2-3-5-13(12)17-14;1-8-5-4-6-9(2,3)7-8/h2-9H,1H3,(H2,15,16,17);8H,4-7H2,1-3H3. The molecule has 0 spiro atoms. The summed E-state index contributed by atoms with van der Waals surface area (Å²) in [6.07, 6.45) is 5.79. The molecule has 3 aromatic rings. The second-order valence-corrected chi connectivity index (χ2v) is 8.32. The first-order chi connectivity index (χ1) is 12.9. The monoisotopic (exact) mass is 365 g/mol. The van der Waals surface area contributed by atoms with Gasteiger partial charge in [0.1, 0.15) is 5.75 Å². The number of imidazole rings is 1. The molecule has 0 radical (unpaired) electrons. The van der Waals surface area contributed by atoms with Gasteiger partial charge in [-0.2, -0.15) is 0 Å². The van der Waals surface area contributed by atoms with E-state index < -0.39 is 0 Å². The predicted molar refractivity (Wildman–Crippen MR) is 114 cm³/mol. The van der Waals surface area contributed by atoms with Gasteiger partial charge < -0.3 is 15.0 Å². The van der Waals surface area contributed by atoms with E-state index in [-0.39, 0.29) is 0 Å². The highest BCUT2D eigenvalue weighted by molar-refractivity contribution is 5.78. The van der Waals surface area contributed by atoms with Gasteiger partial charge in [-0.3, -0.25) is 0 Å². The highest BCUT2D eigenvalue weighted by Crippen LogP contribution is 2.37. The number of anilines is 2. The molecule has 27 heavy (non-hydrogen) atoms. The Morgan fingerprint density at radius 3 is 2.44 bits per heavy atom. The number of benzene rings is 2. The summed E-state index contributed by atoms with van der Waals surface area (Å²) in [6, 6.07) is 15.7. The maximum absolute atomic E-state index is 5.12. The van der Waals surface area contributed by atoms with Crippen molar-refractivity contribution in [2.75, 3.05) is 12.4 Å². The molecule has 4 heteroatoms. The molecule has 1 atom stereocenters. The van der Waals surface area contributed by atoms with Crippen LogP contribution in [0.1, 0.15) is 46.5 Å². The van der Waals surface area contributed by atoms with Gasteiger partial charge in [0.2, 0.25) is 5.95 Å². The molecule has 1 fully saturated rings. The van der Waals surface area contributed by atoms with E-state index in [4.69, 9.17) is 4.74 Å². The van der Waals surface area contributed by atoms with Crippen molar-refractivity contribution in [1.29, 1.82) is 0 Å². The molecule has 2 aromatic carbocycles. The number of nitrogens with one attached hydrogen (secondary N) is 2. The summed E-state index contributed by atoms with van der Waals surface area (Å²) < 4.78 is 5.12. The summed E-state index contributed by atoms with van der Waals surface area (Å²) in [7, 11) is 1.65. The third kappa shape index (κ3) is 5.49. The Kier molecular flexibility index (Phi) is 6.04. The van der Waals surface area contributed by atoms with E-state index in [9.17, 15) is 0 Å². The normalized spacial score (nSPS) is 18.4. The van der Waals surface area contributed by atoms with Gasteiger partial charge in [-0.1, -0.05) is 45.7 Å². The predicted octanol–water partition coefficient (Wildman–Crippen LogP) is 6.54. The molecule has 0 amide bonds. The SMILES string of the molecule is CC1CCCC(C)(C)C1.COc1ccc(Nc2nc3ccccc3[nH]2)cc1. The zero-order chi connectivity index (χ0) is 19.3. The van der Waals surface area contributed by atoms with Crippen LogP contribution >= 0.6 is 0 Å². The number of hydrogen-bond acceptors (Lipinski definition) is 3. The van der Waals surface area contributed by atoms with E-state index in [1.54, 1.807) is 7.11 Å². The lowest BCUT2D eigenvalue weighted by Crippen LogP contribution is -2.20. The summed E-state index contributed by atoms with van der Waals surface area (Å²) in [6.45, 7) is 7.16. The fraction of sp³-hybridized carbons (Fsp3) is 0.435. The van der Waals surface area contributed by atoms with Crippen molar-refractivity contribution in [3.05, 3.63) is 48.5 Å². The molecular formula is C23H31N3O. The van der Waals surface area contributed by atoms with E-state index in [0.29, 0.717) is 5.41 Å². The third-order valence-electron chi connectivity index (χ3n) is 5.19. The number of aromatic nitrogens is 2. The van der Waals surface area contributed by atoms with E-state index in [2.05, 4.69) is 36.1 Å². The number of para-hydroxylation sites is 2. The third-order valence-corrected chi connectivity index (χ3v) is 5.19. The van der Waals surface area contributed by atoms with E-state index in [1.807, 2.05) is 48.5 Å². The minimum absolute atomic E-state index is 0.650. The molecule has 0 aliphatic heterocycles. The molecule has 0 bridgehead atoms. The van der Waals surface area contributed by atoms with Crippen LogP contribution in [0, 0.1) is 11.3 Å². The summed E-state index contributed by atoms with van der Waals surface area (Å²) >= 11 is 0. The number of ether oxygens (including phenoxy) is 1. The summed E-state index contributed by atoms with van der Waals surface area (Å²) in [4.78, 5) is 7.67. The minimum atomic E-state index is 0.650. The number of fused-ring (bicyclic) bond motifs is 1. The highest BCUT2D eigenvalue weighted by Gasteiger charge is 2.24. The van der Waals surface area contributed by atoms with Crippen LogP contribution in [0.25, 0.3) is 11.0 Å². The Morgan fingerprint density at radius 1 is 1.11 bits per heavy atom. The average molecular weight is 366 g/mol. The maximum Gasteiger partial charge on any atom is 0.205 e. The van der Waals surface area contributed by atoms with Crippen LogP contribution in [0.2, 0.25) is 0 Å².